The molecule has 116 valence electrons. The normalized spacial score (nSPS) is 17.6. The number of hydrogen-bond donors (Lipinski definition) is 0. The molecule has 5 nitrogen and oxygen atoms in total. The number of nitrogens with zero attached hydrogens (tertiary/aromatic N) is 4. The van der Waals surface area contributed by atoms with E-state index in [1.165, 1.54) is 0 Å². The number of rotatable bonds is 3. The first-order chi connectivity index (χ1) is 11.3. The molecule has 1 aliphatic rings. The molecule has 0 aliphatic carbocycles. The van der Waals surface area contributed by atoms with Gasteiger partial charge in [-0.25, -0.2) is 0 Å². The second kappa shape index (κ2) is 5.83. The zero-order valence-electron chi connectivity index (χ0n) is 13.0. The summed E-state index contributed by atoms with van der Waals surface area (Å²) in [5.74, 6) is 1.21. The maximum atomic E-state index is 5.45. The van der Waals surface area contributed by atoms with Gasteiger partial charge in [0.15, 0.2) is 0 Å². The van der Waals surface area contributed by atoms with Crippen molar-refractivity contribution in [3.05, 3.63) is 59.9 Å². The zero-order chi connectivity index (χ0) is 15.6. The number of anilines is 1. The standard InChI is InChI=1S/C18H18N4O/c1-13-7-5-10-15(19-13)16-11-6-12-22(16)18-20-17(23-21-18)14-8-3-2-4-9-14/h2-5,7-10,16H,6,11-12H2,1H3. The van der Waals surface area contributed by atoms with Crippen LogP contribution in [0.5, 0.6) is 0 Å². The quantitative estimate of drug-likeness (QED) is 0.737. The van der Waals surface area contributed by atoms with Crippen LogP contribution in [0.1, 0.15) is 30.3 Å². The first kappa shape index (κ1) is 13.9. The Balaban J connectivity index is 1.63. The summed E-state index contributed by atoms with van der Waals surface area (Å²) in [7, 11) is 0. The Morgan fingerprint density at radius 2 is 1.91 bits per heavy atom. The molecule has 4 rings (SSSR count). The molecule has 0 spiro atoms. The van der Waals surface area contributed by atoms with Gasteiger partial charge < -0.3 is 9.42 Å². The fourth-order valence-corrected chi connectivity index (χ4v) is 3.09. The third-order valence-electron chi connectivity index (χ3n) is 4.20. The van der Waals surface area contributed by atoms with Crippen LogP contribution in [-0.2, 0) is 0 Å². The maximum absolute atomic E-state index is 5.45. The van der Waals surface area contributed by atoms with Crippen LogP contribution in [-0.4, -0.2) is 21.7 Å². The summed E-state index contributed by atoms with van der Waals surface area (Å²) in [6.07, 6.45) is 2.17. The molecule has 1 unspecified atom stereocenters. The molecule has 3 aromatic rings. The summed E-state index contributed by atoms with van der Waals surface area (Å²) >= 11 is 0. The van der Waals surface area contributed by atoms with E-state index in [0.29, 0.717) is 11.8 Å². The highest BCUT2D eigenvalue weighted by Crippen LogP contribution is 2.34. The summed E-state index contributed by atoms with van der Waals surface area (Å²) in [6.45, 7) is 2.94. The molecule has 1 fully saturated rings. The minimum absolute atomic E-state index is 0.219. The molecule has 5 heteroatoms. The highest BCUT2D eigenvalue weighted by Gasteiger charge is 2.30. The van der Waals surface area contributed by atoms with E-state index in [1.54, 1.807) is 0 Å². The van der Waals surface area contributed by atoms with E-state index in [4.69, 9.17) is 4.52 Å². The number of pyridine rings is 1. The fraction of sp³-hybridized carbons (Fsp3) is 0.278. The van der Waals surface area contributed by atoms with E-state index < -0.39 is 0 Å². The van der Waals surface area contributed by atoms with Crippen LogP contribution in [0, 0.1) is 6.92 Å². The molecule has 1 aliphatic heterocycles. The van der Waals surface area contributed by atoms with Gasteiger partial charge in [-0.05, 0) is 49.2 Å². The topological polar surface area (TPSA) is 55.1 Å². The summed E-state index contributed by atoms with van der Waals surface area (Å²) in [6, 6.07) is 16.2. The number of aryl methyl sites for hydroxylation is 1. The molecule has 0 amide bonds. The van der Waals surface area contributed by atoms with Crippen molar-refractivity contribution in [2.75, 3.05) is 11.4 Å². The first-order valence-corrected chi connectivity index (χ1v) is 7.90. The van der Waals surface area contributed by atoms with E-state index in [0.717, 1.165) is 36.3 Å². The molecule has 0 N–H and O–H groups in total. The molecule has 1 saturated heterocycles. The largest absolute Gasteiger partial charge is 0.332 e. The van der Waals surface area contributed by atoms with Gasteiger partial charge in [0.25, 0.3) is 11.8 Å². The smallest absolute Gasteiger partial charge is 0.266 e. The molecule has 3 heterocycles. The third-order valence-corrected chi connectivity index (χ3v) is 4.20. The second-order valence-corrected chi connectivity index (χ2v) is 5.82. The lowest BCUT2D eigenvalue weighted by atomic mass is 10.1. The Labute approximate surface area is 135 Å². The number of benzene rings is 1. The summed E-state index contributed by atoms with van der Waals surface area (Å²) < 4.78 is 5.45. The van der Waals surface area contributed by atoms with Crippen LogP contribution in [0.3, 0.4) is 0 Å². The molecular weight excluding hydrogens is 288 g/mol. The lowest BCUT2D eigenvalue weighted by Crippen LogP contribution is -2.24. The molecule has 1 aromatic carbocycles. The first-order valence-electron chi connectivity index (χ1n) is 7.90. The van der Waals surface area contributed by atoms with Crippen LogP contribution in [0.25, 0.3) is 11.5 Å². The molecule has 0 radical (unpaired) electrons. The monoisotopic (exact) mass is 306 g/mol. The van der Waals surface area contributed by atoms with Gasteiger partial charge in [0.2, 0.25) is 0 Å². The molecular formula is C18H18N4O. The van der Waals surface area contributed by atoms with Crippen molar-refractivity contribution < 1.29 is 4.52 Å². The van der Waals surface area contributed by atoms with E-state index >= 15 is 0 Å². The number of aromatic nitrogens is 3. The van der Waals surface area contributed by atoms with Gasteiger partial charge in [-0.2, -0.15) is 4.98 Å². The van der Waals surface area contributed by atoms with Crippen LogP contribution in [0.2, 0.25) is 0 Å². The highest BCUT2D eigenvalue weighted by molar-refractivity contribution is 5.54. The number of hydrogen-bond acceptors (Lipinski definition) is 5. The Kier molecular flexibility index (Phi) is 3.54. The van der Waals surface area contributed by atoms with Crippen molar-refractivity contribution in [3.63, 3.8) is 0 Å². The van der Waals surface area contributed by atoms with Gasteiger partial charge in [0.1, 0.15) is 0 Å². The third kappa shape index (κ3) is 2.70. The second-order valence-electron chi connectivity index (χ2n) is 5.82. The van der Waals surface area contributed by atoms with Crippen molar-refractivity contribution in [2.24, 2.45) is 0 Å². The Morgan fingerprint density at radius 1 is 1.04 bits per heavy atom. The lowest BCUT2D eigenvalue weighted by Gasteiger charge is -2.22. The van der Waals surface area contributed by atoms with Gasteiger partial charge >= 0.3 is 0 Å². The van der Waals surface area contributed by atoms with Crippen molar-refractivity contribution in [1.82, 2.24) is 15.1 Å². The van der Waals surface area contributed by atoms with Gasteiger partial charge in [-0.1, -0.05) is 24.3 Å². The highest BCUT2D eigenvalue weighted by atomic mass is 16.5. The van der Waals surface area contributed by atoms with Gasteiger partial charge in [-0.15, -0.1) is 0 Å². The van der Waals surface area contributed by atoms with Crippen LogP contribution < -0.4 is 4.90 Å². The fourth-order valence-electron chi connectivity index (χ4n) is 3.09. The summed E-state index contributed by atoms with van der Waals surface area (Å²) in [4.78, 5) is 11.4. The average molecular weight is 306 g/mol. The minimum atomic E-state index is 0.219. The molecule has 0 saturated carbocycles. The minimum Gasteiger partial charge on any atom is -0.332 e. The average Bonchev–Trinajstić information content (AvgIpc) is 3.25. The van der Waals surface area contributed by atoms with Crippen LogP contribution in [0.15, 0.2) is 53.1 Å². The summed E-state index contributed by atoms with van der Waals surface area (Å²) in [5.41, 5.74) is 3.05. The Bertz CT molecular complexity index is 800. The predicted octanol–water partition coefficient (Wildman–Crippen LogP) is 3.78. The van der Waals surface area contributed by atoms with E-state index in [-0.39, 0.29) is 6.04 Å². The lowest BCUT2D eigenvalue weighted by molar-refractivity contribution is 0.428. The van der Waals surface area contributed by atoms with Crippen LogP contribution in [0.4, 0.5) is 5.95 Å². The van der Waals surface area contributed by atoms with Gasteiger partial charge in [-0.3, -0.25) is 4.98 Å². The Morgan fingerprint density at radius 3 is 2.74 bits per heavy atom. The van der Waals surface area contributed by atoms with Crippen molar-refractivity contribution in [2.45, 2.75) is 25.8 Å². The maximum Gasteiger partial charge on any atom is 0.266 e. The SMILES string of the molecule is Cc1cccc(C2CCCN2c2noc(-c3ccccc3)n2)n1. The molecule has 23 heavy (non-hydrogen) atoms. The van der Waals surface area contributed by atoms with E-state index in [9.17, 15) is 0 Å². The Hall–Kier alpha value is -2.69. The van der Waals surface area contributed by atoms with Gasteiger partial charge in [0.05, 0.1) is 11.7 Å². The summed E-state index contributed by atoms with van der Waals surface area (Å²) in [5, 5.41) is 4.18. The molecule has 2 aromatic heterocycles. The van der Waals surface area contributed by atoms with Crippen molar-refractivity contribution in [1.29, 1.82) is 0 Å². The van der Waals surface area contributed by atoms with Crippen LogP contribution >= 0.6 is 0 Å². The molecule has 0 bridgehead atoms. The van der Waals surface area contributed by atoms with Gasteiger partial charge in [0, 0.05) is 17.8 Å². The molecule has 1 atom stereocenters. The van der Waals surface area contributed by atoms with E-state index in [2.05, 4.69) is 32.2 Å². The van der Waals surface area contributed by atoms with E-state index in [1.807, 2.05) is 43.3 Å². The van der Waals surface area contributed by atoms with Crippen molar-refractivity contribution >= 4 is 5.95 Å². The predicted molar refractivity (Wildman–Crippen MR) is 88.0 cm³/mol. The van der Waals surface area contributed by atoms with Crippen molar-refractivity contribution in [3.8, 4) is 11.5 Å². The zero-order valence-corrected chi connectivity index (χ0v) is 13.0.